The van der Waals surface area contributed by atoms with Gasteiger partial charge in [-0.3, -0.25) is 19.3 Å². The highest BCUT2D eigenvalue weighted by Gasteiger charge is 2.57. The van der Waals surface area contributed by atoms with Gasteiger partial charge < -0.3 is 21.3 Å². The fourth-order valence-corrected chi connectivity index (χ4v) is 7.70. The number of hydrogen-bond donors (Lipinski definition) is 4. The molecule has 0 bridgehead atoms. The summed E-state index contributed by atoms with van der Waals surface area (Å²) >= 11 is 0. The molecule has 4 rings (SSSR count). The number of nitrogens with two attached hydrogens (primary N) is 1. The number of benzene rings is 1. The van der Waals surface area contributed by atoms with Crippen LogP contribution in [0.2, 0.25) is 0 Å². The highest BCUT2D eigenvalue weighted by atomic mass is 16.4. The number of nitrogens with zero attached hydrogens (tertiary/aromatic N) is 1. The minimum absolute atomic E-state index is 0.0674. The van der Waals surface area contributed by atoms with E-state index in [0.717, 1.165) is 51.0 Å². The molecule has 3 saturated carbocycles. The third-order valence-electron chi connectivity index (χ3n) is 10.5. The van der Waals surface area contributed by atoms with Gasteiger partial charge in [0.1, 0.15) is 11.1 Å². The number of amides is 3. The normalized spacial score (nSPS) is 29.2. The number of carboxylic acid groups (broad SMARTS) is 2. The maximum atomic E-state index is 14.9. The minimum Gasteiger partial charge on any atom is -0.478 e. The second kappa shape index (κ2) is 12.1. The van der Waals surface area contributed by atoms with E-state index in [0.29, 0.717) is 32.1 Å². The van der Waals surface area contributed by atoms with Crippen molar-refractivity contribution in [3.05, 3.63) is 29.3 Å². The molecule has 10 heteroatoms. The van der Waals surface area contributed by atoms with E-state index in [1.807, 2.05) is 20.8 Å². The Morgan fingerprint density at radius 3 is 1.81 bits per heavy atom. The minimum atomic E-state index is -1.48. The second-order valence-corrected chi connectivity index (χ2v) is 13.1. The lowest BCUT2D eigenvalue weighted by atomic mass is 9.67. The van der Waals surface area contributed by atoms with E-state index < -0.39 is 40.2 Å². The lowest BCUT2D eigenvalue weighted by Crippen LogP contribution is -2.72. The largest absolute Gasteiger partial charge is 0.478 e. The lowest BCUT2D eigenvalue weighted by Gasteiger charge is -2.53. The van der Waals surface area contributed by atoms with Crippen molar-refractivity contribution in [2.75, 3.05) is 4.90 Å². The van der Waals surface area contributed by atoms with E-state index in [2.05, 4.69) is 5.32 Å². The molecular weight excluding hydrogens is 538 g/mol. The Labute approximate surface area is 247 Å². The summed E-state index contributed by atoms with van der Waals surface area (Å²) in [5.41, 5.74) is 1.88. The molecule has 1 aromatic carbocycles. The molecule has 0 radical (unpaired) electrons. The zero-order valence-corrected chi connectivity index (χ0v) is 25.0. The van der Waals surface area contributed by atoms with Crippen molar-refractivity contribution in [3.63, 3.8) is 0 Å². The monoisotopic (exact) mass is 583 g/mol. The van der Waals surface area contributed by atoms with Crippen LogP contribution in [0.25, 0.3) is 0 Å². The van der Waals surface area contributed by atoms with Crippen molar-refractivity contribution in [1.29, 1.82) is 0 Å². The number of aromatic carboxylic acids is 2. The van der Waals surface area contributed by atoms with Crippen LogP contribution in [-0.4, -0.2) is 51.0 Å². The molecule has 5 N–H and O–H groups in total. The number of carbonyl (C=O) groups excluding carboxylic acids is 3. The molecule has 0 spiro atoms. The van der Waals surface area contributed by atoms with E-state index in [1.54, 1.807) is 0 Å². The van der Waals surface area contributed by atoms with Crippen LogP contribution in [0.15, 0.2) is 18.2 Å². The molecule has 0 aliphatic heterocycles. The van der Waals surface area contributed by atoms with Crippen molar-refractivity contribution in [2.45, 2.75) is 115 Å². The lowest BCUT2D eigenvalue weighted by molar-refractivity contribution is -0.143. The summed E-state index contributed by atoms with van der Waals surface area (Å²) in [6.07, 6.45) is 8.97. The van der Waals surface area contributed by atoms with Gasteiger partial charge in [-0.15, -0.1) is 0 Å². The molecular formula is C32H45N3O7. The van der Waals surface area contributed by atoms with Gasteiger partial charge in [0.2, 0.25) is 17.7 Å². The average molecular weight is 584 g/mol. The molecule has 0 heterocycles. The molecule has 1 aromatic rings. The van der Waals surface area contributed by atoms with Gasteiger partial charge in [-0.2, -0.15) is 0 Å². The fraction of sp³-hybridized carbons (Fsp3) is 0.656. The first-order chi connectivity index (χ1) is 19.8. The summed E-state index contributed by atoms with van der Waals surface area (Å²) in [5.74, 6) is -4.68. The average Bonchev–Trinajstić information content (AvgIpc) is 2.95. The Bertz CT molecular complexity index is 1220. The number of carbonyl (C=O) groups is 5. The molecule has 4 unspecified atom stereocenters. The molecule has 0 saturated heterocycles. The van der Waals surface area contributed by atoms with Crippen molar-refractivity contribution >= 4 is 35.3 Å². The summed E-state index contributed by atoms with van der Waals surface area (Å²) in [6, 6.07) is 3.65. The van der Waals surface area contributed by atoms with Gasteiger partial charge in [0, 0.05) is 11.1 Å². The van der Waals surface area contributed by atoms with E-state index >= 15 is 0 Å². The highest BCUT2D eigenvalue weighted by molar-refractivity contribution is 6.08. The molecule has 0 aromatic heterocycles. The molecule has 4 atom stereocenters. The molecule has 10 nitrogen and oxygen atoms in total. The smallest absolute Gasteiger partial charge is 0.335 e. The molecule has 3 aliphatic rings. The fourth-order valence-electron chi connectivity index (χ4n) is 7.70. The molecule has 3 fully saturated rings. The van der Waals surface area contributed by atoms with Crippen molar-refractivity contribution in [2.24, 2.45) is 23.0 Å². The second-order valence-electron chi connectivity index (χ2n) is 13.1. The van der Waals surface area contributed by atoms with Gasteiger partial charge in [0.05, 0.1) is 11.1 Å². The number of anilines is 1. The van der Waals surface area contributed by atoms with Crippen LogP contribution in [0.3, 0.4) is 0 Å². The van der Waals surface area contributed by atoms with Gasteiger partial charge in [-0.05, 0) is 68.6 Å². The summed E-state index contributed by atoms with van der Waals surface area (Å²) in [7, 11) is 0. The Morgan fingerprint density at radius 2 is 1.31 bits per heavy atom. The van der Waals surface area contributed by atoms with Crippen LogP contribution in [0.1, 0.15) is 125 Å². The first-order valence-electron chi connectivity index (χ1n) is 15.4. The molecule has 230 valence electrons. The van der Waals surface area contributed by atoms with Crippen molar-refractivity contribution in [3.8, 4) is 0 Å². The maximum absolute atomic E-state index is 14.9. The molecule has 42 heavy (non-hydrogen) atoms. The van der Waals surface area contributed by atoms with Gasteiger partial charge in [-0.25, -0.2) is 9.59 Å². The van der Waals surface area contributed by atoms with Crippen LogP contribution < -0.4 is 16.0 Å². The quantitative estimate of drug-likeness (QED) is 0.338. The van der Waals surface area contributed by atoms with Crippen molar-refractivity contribution in [1.82, 2.24) is 5.32 Å². The number of rotatable bonds is 8. The van der Waals surface area contributed by atoms with Crippen LogP contribution in [0.5, 0.6) is 0 Å². The number of nitrogens with one attached hydrogen (secondary N) is 1. The highest BCUT2D eigenvalue weighted by Crippen LogP contribution is 2.47. The van der Waals surface area contributed by atoms with Gasteiger partial charge in [0.15, 0.2) is 0 Å². The zero-order chi connectivity index (χ0) is 30.9. The summed E-state index contributed by atoms with van der Waals surface area (Å²) < 4.78 is 0. The maximum Gasteiger partial charge on any atom is 0.335 e. The summed E-state index contributed by atoms with van der Waals surface area (Å²) in [6.45, 7) is 5.69. The third kappa shape index (κ3) is 5.52. The zero-order valence-electron chi connectivity index (χ0n) is 25.0. The standard InChI is InChI=1S/C32H45N3O7/c1-20-11-5-9-15-31(20,27(33)40)34-28(41)32(16-10-6-12-21(32)2)35(29(42)30(3)13-7-4-8-14-30)24-18-22(25(36)37)17-23(19-24)26(38)39/h17-21H,4-16H2,1-3H3,(H2,33,40)(H,34,41)(H,36,37)(H,38,39). The van der Waals surface area contributed by atoms with Gasteiger partial charge >= 0.3 is 11.9 Å². The predicted molar refractivity (Wildman–Crippen MR) is 157 cm³/mol. The molecule has 3 amide bonds. The number of carboxylic acids is 2. The van der Waals surface area contributed by atoms with E-state index in [-0.39, 0.29) is 41.0 Å². The third-order valence-corrected chi connectivity index (χ3v) is 10.5. The Morgan fingerprint density at radius 1 is 0.786 bits per heavy atom. The Kier molecular flexibility index (Phi) is 9.04. The topological polar surface area (TPSA) is 167 Å². The Balaban J connectivity index is 1.96. The number of primary amides is 1. The Hall–Kier alpha value is -3.43. The van der Waals surface area contributed by atoms with Crippen LogP contribution in [0, 0.1) is 17.3 Å². The SMILES string of the molecule is CC1CCCCC1(NC(=O)C1(N(C(=O)C2(C)CCCCC2)c2cc(C(=O)O)cc(C(=O)O)c2)CCCCC1C)C(N)=O. The molecule has 3 aliphatic carbocycles. The van der Waals surface area contributed by atoms with E-state index in [1.165, 1.54) is 17.0 Å². The van der Waals surface area contributed by atoms with E-state index in [4.69, 9.17) is 5.73 Å². The van der Waals surface area contributed by atoms with Crippen molar-refractivity contribution < 1.29 is 34.2 Å². The van der Waals surface area contributed by atoms with Gasteiger partial charge in [-0.1, -0.05) is 65.7 Å². The van der Waals surface area contributed by atoms with Crippen LogP contribution >= 0.6 is 0 Å². The van der Waals surface area contributed by atoms with E-state index in [9.17, 15) is 34.2 Å². The number of hydrogen-bond acceptors (Lipinski definition) is 5. The van der Waals surface area contributed by atoms with Crippen LogP contribution in [0.4, 0.5) is 5.69 Å². The summed E-state index contributed by atoms with van der Waals surface area (Å²) in [5, 5.41) is 22.8. The first-order valence-corrected chi connectivity index (χ1v) is 15.4. The first kappa shape index (κ1) is 31.5. The summed E-state index contributed by atoms with van der Waals surface area (Å²) in [4.78, 5) is 68.4. The van der Waals surface area contributed by atoms with Crippen LogP contribution in [-0.2, 0) is 14.4 Å². The van der Waals surface area contributed by atoms with Gasteiger partial charge in [0.25, 0.3) is 0 Å². The predicted octanol–water partition coefficient (Wildman–Crippen LogP) is 4.89.